The van der Waals surface area contributed by atoms with Gasteiger partial charge in [0, 0.05) is 19.5 Å². The smallest absolute Gasteiger partial charge is 0.256 e. The van der Waals surface area contributed by atoms with Crippen LogP contribution in [0.5, 0.6) is 5.75 Å². The van der Waals surface area contributed by atoms with Gasteiger partial charge in [0.2, 0.25) is 0 Å². The molecule has 7 nitrogen and oxygen atoms in total. The van der Waals surface area contributed by atoms with Gasteiger partial charge in [-0.1, -0.05) is 6.07 Å². The fourth-order valence-corrected chi connectivity index (χ4v) is 4.60. The monoisotopic (exact) mass is 427 g/mol. The summed E-state index contributed by atoms with van der Waals surface area (Å²) in [5.41, 5.74) is 4.38. The van der Waals surface area contributed by atoms with Crippen molar-refractivity contribution in [2.75, 3.05) is 31.1 Å². The van der Waals surface area contributed by atoms with E-state index in [2.05, 4.69) is 0 Å². The molecular formula is C23H26FN3O4. The number of aromatic nitrogens is 1. The van der Waals surface area contributed by atoms with Crippen LogP contribution < -0.4 is 9.64 Å². The summed E-state index contributed by atoms with van der Waals surface area (Å²) in [5, 5.41) is 9.16. The van der Waals surface area contributed by atoms with Gasteiger partial charge in [-0.15, -0.1) is 0 Å². The molecule has 5 rings (SSSR count). The molecule has 1 N–H and O–H groups in total. The van der Waals surface area contributed by atoms with E-state index in [4.69, 9.17) is 19.6 Å². The number of carbonyl (C=O) groups excluding carboxylic acids is 1. The highest BCUT2D eigenvalue weighted by atomic mass is 19.1. The molecule has 2 atom stereocenters. The first-order valence-electron chi connectivity index (χ1n) is 10.7. The predicted octanol–water partition coefficient (Wildman–Crippen LogP) is 2.36. The molecule has 164 valence electrons. The molecule has 31 heavy (non-hydrogen) atoms. The van der Waals surface area contributed by atoms with Crippen LogP contribution >= 0.6 is 0 Å². The van der Waals surface area contributed by atoms with Gasteiger partial charge in [-0.3, -0.25) is 4.79 Å². The molecule has 3 aliphatic heterocycles. The average Bonchev–Trinajstić information content (AvgIpc) is 3.34. The Morgan fingerprint density at radius 1 is 1.29 bits per heavy atom. The second-order valence-corrected chi connectivity index (χ2v) is 8.40. The number of anilines is 1. The topological polar surface area (TPSA) is 75.1 Å². The standard InChI is InChI=1S/C23H26FN3O4/c1-14-8-18-20(11-27(6-7-28)23(18)29)25-22(14)26-5-4-21(19(24)10-26)31-17-3-2-15-12-30-13-16(15)9-17/h2-3,8-9,19,21,28H,4-7,10-13H2,1H3/t19-,21?/m0/s1. The van der Waals surface area contributed by atoms with Crippen LogP contribution in [0.1, 0.15) is 39.2 Å². The van der Waals surface area contributed by atoms with E-state index in [1.807, 2.05) is 36.1 Å². The molecular weight excluding hydrogens is 401 g/mol. The van der Waals surface area contributed by atoms with Crippen molar-refractivity contribution in [2.24, 2.45) is 0 Å². The van der Waals surface area contributed by atoms with Crippen molar-refractivity contribution in [1.82, 2.24) is 9.88 Å². The van der Waals surface area contributed by atoms with E-state index in [0.29, 0.717) is 55.5 Å². The number of fused-ring (bicyclic) bond motifs is 2. The lowest BCUT2D eigenvalue weighted by molar-refractivity contribution is 0.0745. The lowest BCUT2D eigenvalue weighted by Gasteiger charge is -2.36. The Kier molecular flexibility index (Phi) is 5.27. The van der Waals surface area contributed by atoms with Crippen LogP contribution in [0, 0.1) is 6.92 Å². The van der Waals surface area contributed by atoms with Gasteiger partial charge in [-0.05, 0) is 41.8 Å². The number of ether oxygens (including phenoxy) is 2. The number of nitrogens with zero attached hydrogens (tertiary/aromatic N) is 3. The van der Waals surface area contributed by atoms with Gasteiger partial charge in [-0.25, -0.2) is 9.37 Å². The number of benzene rings is 1. The van der Waals surface area contributed by atoms with Gasteiger partial charge in [0.15, 0.2) is 6.17 Å². The van der Waals surface area contributed by atoms with E-state index in [1.54, 1.807) is 4.90 Å². The number of hydrogen-bond acceptors (Lipinski definition) is 6. The first-order valence-corrected chi connectivity index (χ1v) is 10.7. The minimum atomic E-state index is -1.15. The molecule has 4 heterocycles. The molecule has 1 saturated heterocycles. The first kappa shape index (κ1) is 20.2. The molecule has 0 saturated carbocycles. The summed E-state index contributed by atoms with van der Waals surface area (Å²) < 4.78 is 26.5. The number of amides is 1. The summed E-state index contributed by atoms with van der Waals surface area (Å²) in [5.74, 6) is 1.29. The van der Waals surface area contributed by atoms with Crippen molar-refractivity contribution in [2.45, 2.75) is 45.4 Å². The second kappa shape index (κ2) is 8.09. The molecule has 2 aromatic rings. The summed E-state index contributed by atoms with van der Waals surface area (Å²) in [6.45, 7) is 4.49. The number of aliphatic hydroxyl groups excluding tert-OH is 1. The van der Waals surface area contributed by atoms with Crippen LogP contribution in [0.25, 0.3) is 0 Å². The van der Waals surface area contributed by atoms with E-state index >= 15 is 4.39 Å². The van der Waals surface area contributed by atoms with Gasteiger partial charge in [0.05, 0.1) is 44.2 Å². The summed E-state index contributed by atoms with van der Waals surface area (Å²) >= 11 is 0. The van der Waals surface area contributed by atoms with Gasteiger partial charge in [0.1, 0.15) is 17.7 Å². The summed E-state index contributed by atoms with van der Waals surface area (Å²) in [7, 11) is 0. The molecule has 8 heteroatoms. The molecule has 0 aliphatic carbocycles. The Morgan fingerprint density at radius 2 is 2.13 bits per heavy atom. The average molecular weight is 427 g/mol. The van der Waals surface area contributed by atoms with E-state index in [0.717, 1.165) is 16.7 Å². The van der Waals surface area contributed by atoms with Crippen molar-refractivity contribution in [3.63, 3.8) is 0 Å². The summed E-state index contributed by atoms with van der Waals surface area (Å²) in [4.78, 5) is 20.7. The molecule has 1 aromatic carbocycles. The third kappa shape index (κ3) is 3.74. The molecule has 1 fully saturated rings. The number of hydrogen-bond donors (Lipinski definition) is 1. The SMILES string of the molecule is Cc1cc2c(nc1N1CCC(Oc3ccc4c(c3)COC4)[C@@H](F)C1)CN(CCO)C2=O. The van der Waals surface area contributed by atoms with Gasteiger partial charge in [0.25, 0.3) is 5.91 Å². The molecule has 0 bridgehead atoms. The fraction of sp³-hybridized carbons (Fsp3) is 0.478. The highest BCUT2D eigenvalue weighted by Crippen LogP contribution is 2.31. The van der Waals surface area contributed by atoms with Crippen LogP contribution in [0.2, 0.25) is 0 Å². The number of pyridine rings is 1. The normalized spacial score (nSPS) is 22.6. The minimum absolute atomic E-state index is 0.0835. The van der Waals surface area contributed by atoms with Crippen molar-refractivity contribution >= 4 is 11.7 Å². The maximum Gasteiger partial charge on any atom is 0.256 e. The van der Waals surface area contributed by atoms with Crippen LogP contribution in [0.3, 0.4) is 0 Å². The number of β-amino-alcohol motifs (C(OH)–C–C–N with tert-alkyl or cyclic N) is 1. The minimum Gasteiger partial charge on any atom is -0.487 e. The maximum absolute atomic E-state index is 15.1. The fourth-order valence-electron chi connectivity index (χ4n) is 4.60. The first-order chi connectivity index (χ1) is 15.0. The predicted molar refractivity (Wildman–Crippen MR) is 112 cm³/mol. The molecule has 0 spiro atoms. The van der Waals surface area contributed by atoms with Crippen LogP contribution in [0.4, 0.5) is 10.2 Å². The number of alkyl halides is 1. The number of rotatable bonds is 5. The van der Waals surface area contributed by atoms with Crippen molar-refractivity contribution in [3.8, 4) is 5.75 Å². The number of piperidine rings is 1. The zero-order valence-corrected chi connectivity index (χ0v) is 17.5. The van der Waals surface area contributed by atoms with E-state index in [1.165, 1.54) is 0 Å². The van der Waals surface area contributed by atoms with E-state index in [9.17, 15) is 4.79 Å². The molecule has 1 amide bonds. The Balaban J connectivity index is 1.28. The van der Waals surface area contributed by atoms with Crippen LogP contribution in [-0.4, -0.2) is 59.4 Å². The molecule has 1 unspecified atom stereocenters. The zero-order valence-electron chi connectivity index (χ0n) is 17.5. The Hall–Kier alpha value is -2.71. The molecule has 3 aliphatic rings. The van der Waals surface area contributed by atoms with Crippen molar-refractivity contribution < 1.29 is 23.8 Å². The summed E-state index contributed by atoms with van der Waals surface area (Å²) in [6, 6.07) is 7.65. The Morgan fingerprint density at radius 3 is 2.94 bits per heavy atom. The molecule has 0 radical (unpaired) electrons. The third-order valence-corrected chi connectivity index (χ3v) is 6.26. The lowest BCUT2D eigenvalue weighted by atomic mass is 10.0. The number of carbonyl (C=O) groups is 1. The largest absolute Gasteiger partial charge is 0.487 e. The highest BCUT2D eigenvalue weighted by molar-refractivity contribution is 5.98. The van der Waals surface area contributed by atoms with E-state index in [-0.39, 0.29) is 25.6 Å². The summed E-state index contributed by atoms with van der Waals surface area (Å²) in [6.07, 6.45) is -1.11. The Bertz CT molecular complexity index is 1010. The lowest BCUT2D eigenvalue weighted by Crippen LogP contribution is -2.47. The number of aryl methyl sites for hydroxylation is 1. The molecule has 1 aromatic heterocycles. The van der Waals surface area contributed by atoms with Gasteiger partial charge >= 0.3 is 0 Å². The number of aliphatic hydroxyl groups is 1. The third-order valence-electron chi connectivity index (χ3n) is 6.26. The highest BCUT2D eigenvalue weighted by Gasteiger charge is 2.34. The number of halogens is 1. The van der Waals surface area contributed by atoms with Crippen molar-refractivity contribution in [1.29, 1.82) is 0 Å². The zero-order chi connectivity index (χ0) is 21.5. The second-order valence-electron chi connectivity index (χ2n) is 8.40. The van der Waals surface area contributed by atoms with Gasteiger partial charge < -0.3 is 24.4 Å². The van der Waals surface area contributed by atoms with Gasteiger partial charge in [-0.2, -0.15) is 0 Å². The quantitative estimate of drug-likeness (QED) is 0.790. The van der Waals surface area contributed by atoms with E-state index < -0.39 is 12.3 Å². The van der Waals surface area contributed by atoms with Crippen LogP contribution in [-0.2, 0) is 24.5 Å². The van der Waals surface area contributed by atoms with Crippen molar-refractivity contribution in [3.05, 3.63) is 52.2 Å². The van der Waals surface area contributed by atoms with Crippen LogP contribution in [0.15, 0.2) is 24.3 Å². The Labute approximate surface area is 180 Å². The maximum atomic E-state index is 15.1.